The molecule has 4 nitrogen and oxygen atoms in total. The Kier molecular flexibility index (Phi) is 5.76. The fourth-order valence-electron chi connectivity index (χ4n) is 2.07. The van der Waals surface area contributed by atoms with E-state index in [0.717, 1.165) is 0 Å². The van der Waals surface area contributed by atoms with Gasteiger partial charge >= 0.3 is 0 Å². The minimum absolute atomic E-state index is 0.0275. The number of rotatable bonds is 6. The number of nitrogens with two attached hydrogens (primary N) is 1. The van der Waals surface area contributed by atoms with Crippen molar-refractivity contribution in [3.63, 3.8) is 0 Å². The van der Waals surface area contributed by atoms with Gasteiger partial charge < -0.3 is 15.5 Å². The zero-order valence-corrected chi connectivity index (χ0v) is 11.8. The van der Waals surface area contributed by atoms with Crippen molar-refractivity contribution in [3.05, 3.63) is 29.6 Å². The molecule has 0 aliphatic heterocycles. The standard InChI is InChI=1S/C14H22FN3O/c1-4-18(5-2)14(19)10-17(3)13-8-6-7-12(15)11(13)9-16/h6-8H,4-5,9-10,16H2,1-3H3. The van der Waals surface area contributed by atoms with Gasteiger partial charge in [0.1, 0.15) is 5.82 Å². The lowest BCUT2D eigenvalue weighted by Gasteiger charge is -2.26. The average molecular weight is 267 g/mol. The van der Waals surface area contributed by atoms with E-state index in [9.17, 15) is 9.18 Å². The SMILES string of the molecule is CCN(CC)C(=O)CN(C)c1cccc(F)c1CN. The van der Waals surface area contributed by atoms with Crippen LogP contribution in [0.3, 0.4) is 0 Å². The highest BCUT2D eigenvalue weighted by Gasteiger charge is 2.16. The number of benzene rings is 1. The minimum atomic E-state index is -0.331. The molecule has 0 aromatic heterocycles. The molecule has 5 heteroatoms. The second-order valence-electron chi connectivity index (χ2n) is 4.36. The lowest BCUT2D eigenvalue weighted by molar-refractivity contribution is -0.129. The molecule has 0 spiro atoms. The second kappa shape index (κ2) is 7.09. The predicted molar refractivity (Wildman–Crippen MR) is 75.5 cm³/mol. The Bertz CT molecular complexity index is 433. The number of hydrogen-bond acceptors (Lipinski definition) is 3. The number of hydrogen-bond donors (Lipinski definition) is 1. The van der Waals surface area contributed by atoms with Gasteiger partial charge in [0.05, 0.1) is 6.54 Å². The van der Waals surface area contributed by atoms with E-state index in [4.69, 9.17) is 5.73 Å². The van der Waals surface area contributed by atoms with E-state index in [1.54, 1.807) is 29.0 Å². The summed E-state index contributed by atoms with van der Waals surface area (Å²) in [7, 11) is 1.77. The molecule has 2 N–H and O–H groups in total. The number of likely N-dealkylation sites (N-methyl/N-ethyl adjacent to an activating group) is 2. The molecule has 0 unspecified atom stereocenters. The summed E-state index contributed by atoms with van der Waals surface area (Å²) < 4.78 is 13.6. The van der Waals surface area contributed by atoms with Crippen LogP contribution in [0, 0.1) is 5.82 Å². The molecule has 0 saturated heterocycles. The normalized spacial score (nSPS) is 10.4. The van der Waals surface area contributed by atoms with Gasteiger partial charge in [0.2, 0.25) is 5.91 Å². The molecule has 1 rings (SSSR count). The van der Waals surface area contributed by atoms with Gasteiger partial charge in [-0.25, -0.2) is 4.39 Å². The van der Waals surface area contributed by atoms with Gasteiger partial charge in [0, 0.05) is 37.9 Å². The van der Waals surface area contributed by atoms with E-state index in [1.165, 1.54) is 6.07 Å². The number of halogens is 1. The summed E-state index contributed by atoms with van der Waals surface area (Å²) in [5.74, 6) is -0.304. The molecule has 1 aromatic carbocycles. The molecule has 1 amide bonds. The number of amides is 1. The van der Waals surface area contributed by atoms with Crippen LogP contribution < -0.4 is 10.6 Å². The Morgan fingerprint density at radius 1 is 1.32 bits per heavy atom. The van der Waals surface area contributed by atoms with Crippen molar-refractivity contribution < 1.29 is 9.18 Å². The molecule has 1 aromatic rings. The number of anilines is 1. The summed E-state index contributed by atoms with van der Waals surface area (Å²) in [5.41, 5.74) is 6.68. The highest BCUT2D eigenvalue weighted by atomic mass is 19.1. The summed E-state index contributed by atoms with van der Waals surface area (Å²) in [6.07, 6.45) is 0. The van der Waals surface area contributed by atoms with E-state index < -0.39 is 0 Å². The summed E-state index contributed by atoms with van der Waals surface area (Å²) in [6, 6.07) is 4.79. The van der Waals surface area contributed by atoms with Crippen LogP contribution in [-0.2, 0) is 11.3 Å². The number of carbonyl (C=O) groups is 1. The first-order valence-electron chi connectivity index (χ1n) is 6.51. The van der Waals surface area contributed by atoms with E-state index in [1.807, 2.05) is 13.8 Å². The number of nitrogens with zero attached hydrogens (tertiary/aromatic N) is 2. The van der Waals surface area contributed by atoms with Gasteiger partial charge in [-0.15, -0.1) is 0 Å². The van der Waals surface area contributed by atoms with Crippen LogP contribution in [-0.4, -0.2) is 37.5 Å². The van der Waals surface area contributed by atoms with Crippen LogP contribution in [0.5, 0.6) is 0 Å². The van der Waals surface area contributed by atoms with Crippen molar-refractivity contribution in [2.45, 2.75) is 20.4 Å². The van der Waals surface area contributed by atoms with Crippen molar-refractivity contribution in [2.75, 3.05) is 31.6 Å². The number of carbonyl (C=O) groups excluding carboxylic acids is 1. The molecule has 0 radical (unpaired) electrons. The quantitative estimate of drug-likeness (QED) is 0.851. The molecule has 0 heterocycles. The van der Waals surface area contributed by atoms with Crippen LogP contribution >= 0.6 is 0 Å². The Morgan fingerprint density at radius 2 is 1.95 bits per heavy atom. The Morgan fingerprint density at radius 3 is 2.47 bits per heavy atom. The van der Waals surface area contributed by atoms with Crippen molar-refractivity contribution in [1.82, 2.24) is 4.90 Å². The first-order chi connectivity index (χ1) is 9.04. The summed E-state index contributed by atoms with van der Waals surface area (Å²) in [4.78, 5) is 15.5. The van der Waals surface area contributed by atoms with Crippen molar-refractivity contribution >= 4 is 11.6 Å². The van der Waals surface area contributed by atoms with E-state index in [0.29, 0.717) is 24.3 Å². The van der Waals surface area contributed by atoms with E-state index >= 15 is 0 Å². The van der Waals surface area contributed by atoms with Gasteiger partial charge in [-0.2, -0.15) is 0 Å². The zero-order chi connectivity index (χ0) is 14.4. The molecule has 0 fully saturated rings. The molecule has 0 atom stereocenters. The lowest BCUT2D eigenvalue weighted by Crippen LogP contribution is -2.39. The third-order valence-electron chi connectivity index (χ3n) is 3.20. The maximum atomic E-state index is 13.6. The average Bonchev–Trinajstić information content (AvgIpc) is 2.39. The van der Waals surface area contributed by atoms with E-state index in [-0.39, 0.29) is 24.8 Å². The first-order valence-corrected chi connectivity index (χ1v) is 6.51. The van der Waals surface area contributed by atoms with Crippen molar-refractivity contribution in [3.8, 4) is 0 Å². The third kappa shape index (κ3) is 3.67. The molecule has 0 aliphatic rings. The summed E-state index contributed by atoms with van der Waals surface area (Å²) in [6.45, 7) is 5.57. The Labute approximate surface area is 114 Å². The molecule has 0 bridgehead atoms. The molecule has 19 heavy (non-hydrogen) atoms. The molecular formula is C14H22FN3O. The summed E-state index contributed by atoms with van der Waals surface area (Å²) in [5, 5.41) is 0. The van der Waals surface area contributed by atoms with Gasteiger partial charge in [0.25, 0.3) is 0 Å². The molecule has 0 aliphatic carbocycles. The van der Waals surface area contributed by atoms with Gasteiger partial charge in [-0.05, 0) is 26.0 Å². The maximum absolute atomic E-state index is 13.6. The Hall–Kier alpha value is -1.62. The van der Waals surface area contributed by atoms with Gasteiger partial charge in [-0.1, -0.05) is 6.07 Å². The molecular weight excluding hydrogens is 245 g/mol. The fraction of sp³-hybridized carbons (Fsp3) is 0.500. The maximum Gasteiger partial charge on any atom is 0.242 e. The van der Waals surface area contributed by atoms with Crippen LogP contribution in [0.4, 0.5) is 10.1 Å². The largest absolute Gasteiger partial charge is 0.365 e. The van der Waals surface area contributed by atoms with Crippen molar-refractivity contribution in [2.24, 2.45) is 5.73 Å². The van der Waals surface area contributed by atoms with Gasteiger partial charge in [0.15, 0.2) is 0 Å². The topological polar surface area (TPSA) is 49.6 Å². The smallest absolute Gasteiger partial charge is 0.242 e. The van der Waals surface area contributed by atoms with Crippen molar-refractivity contribution in [1.29, 1.82) is 0 Å². The Balaban J connectivity index is 2.86. The second-order valence-corrected chi connectivity index (χ2v) is 4.36. The lowest BCUT2D eigenvalue weighted by atomic mass is 10.1. The van der Waals surface area contributed by atoms with E-state index in [2.05, 4.69) is 0 Å². The fourth-order valence-corrected chi connectivity index (χ4v) is 2.07. The highest BCUT2D eigenvalue weighted by molar-refractivity contribution is 5.81. The molecule has 106 valence electrons. The van der Waals surface area contributed by atoms with Crippen LogP contribution in [0.2, 0.25) is 0 Å². The zero-order valence-electron chi connectivity index (χ0n) is 11.8. The minimum Gasteiger partial charge on any atom is -0.365 e. The van der Waals surface area contributed by atoms with Crippen LogP contribution in [0.15, 0.2) is 18.2 Å². The van der Waals surface area contributed by atoms with Crippen LogP contribution in [0.25, 0.3) is 0 Å². The van der Waals surface area contributed by atoms with Crippen LogP contribution in [0.1, 0.15) is 19.4 Å². The van der Waals surface area contributed by atoms with Gasteiger partial charge in [-0.3, -0.25) is 4.79 Å². The third-order valence-corrected chi connectivity index (χ3v) is 3.20. The first kappa shape index (κ1) is 15.4. The predicted octanol–water partition coefficient (Wildman–Crippen LogP) is 1.59. The summed E-state index contributed by atoms with van der Waals surface area (Å²) >= 11 is 0. The molecule has 0 saturated carbocycles. The highest BCUT2D eigenvalue weighted by Crippen LogP contribution is 2.21. The monoisotopic (exact) mass is 267 g/mol.